The van der Waals surface area contributed by atoms with Crippen molar-refractivity contribution < 1.29 is 19.1 Å². The van der Waals surface area contributed by atoms with Gasteiger partial charge >= 0.3 is 0 Å². The van der Waals surface area contributed by atoms with Crippen LogP contribution in [0.1, 0.15) is 27.6 Å². The molecule has 3 aromatic rings. The number of ketones is 1. The van der Waals surface area contributed by atoms with E-state index in [0.29, 0.717) is 34.1 Å². The van der Waals surface area contributed by atoms with Crippen molar-refractivity contribution >= 4 is 28.9 Å². The Balaban J connectivity index is 1.42. The summed E-state index contributed by atoms with van der Waals surface area (Å²) in [7, 11) is 0. The molecule has 0 atom stereocenters. The average Bonchev–Trinajstić information content (AvgIpc) is 3.17. The molecule has 0 bridgehead atoms. The number of benzene rings is 2. The van der Waals surface area contributed by atoms with Gasteiger partial charge in [0.15, 0.2) is 17.3 Å². The molecule has 0 fully saturated rings. The Morgan fingerprint density at radius 3 is 2.57 bits per heavy atom. The first-order chi connectivity index (χ1) is 13.6. The van der Waals surface area contributed by atoms with Crippen molar-refractivity contribution in [2.75, 3.05) is 17.4 Å². The Kier molecular flexibility index (Phi) is 4.63. The Bertz CT molecular complexity index is 1050. The molecule has 0 aliphatic carbocycles. The van der Waals surface area contributed by atoms with Gasteiger partial charge in [-0.1, -0.05) is 12.1 Å². The maximum Gasteiger partial charge on any atom is 0.255 e. The smallest absolute Gasteiger partial charge is 0.255 e. The highest BCUT2D eigenvalue weighted by molar-refractivity contribution is 6.04. The van der Waals surface area contributed by atoms with Crippen LogP contribution >= 0.6 is 0 Å². The first kappa shape index (κ1) is 17.5. The molecule has 1 aliphatic heterocycles. The lowest BCUT2D eigenvalue weighted by molar-refractivity contribution is 0.101. The molecule has 7 nitrogen and oxygen atoms in total. The van der Waals surface area contributed by atoms with Gasteiger partial charge in [-0.05, 0) is 49.4 Å². The quantitative estimate of drug-likeness (QED) is 0.655. The highest BCUT2D eigenvalue weighted by Crippen LogP contribution is 2.32. The van der Waals surface area contributed by atoms with Crippen LogP contribution in [0, 0.1) is 0 Å². The Morgan fingerprint density at radius 1 is 0.929 bits per heavy atom. The molecule has 2 heterocycles. The van der Waals surface area contributed by atoms with Crippen molar-refractivity contribution in [3.05, 3.63) is 71.9 Å². The molecule has 0 spiro atoms. The summed E-state index contributed by atoms with van der Waals surface area (Å²) in [5.74, 6) is 1.51. The number of carbonyl (C=O) groups is 2. The highest BCUT2D eigenvalue weighted by atomic mass is 16.7. The number of ether oxygens (including phenoxy) is 2. The van der Waals surface area contributed by atoms with Crippen molar-refractivity contribution in [1.29, 1.82) is 0 Å². The van der Waals surface area contributed by atoms with E-state index in [2.05, 4.69) is 15.6 Å². The molecule has 140 valence electrons. The molecule has 28 heavy (non-hydrogen) atoms. The molecule has 1 amide bonds. The van der Waals surface area contributed by atoms with E-state index in [9.17, 15) is 9.59 Å². The molecule has 0 radical (unpaired) electrons. The third-order valence-electron chi connectivity index (χ3n) is 4.20. The molecule has 0 saturated carbocycles. The fraction of sp³-hybridized carbons (Fsp3) is 0.0952. The lowest BCUT2D eigenvalue weighted by atomic mass is 10.1. The predicted octanol–water partition coefficient (Wildman–Crippen LogP) is 4.01. The maximum absolute atomic E-state index is 12.4. The topological polar surface area (TPSA) is 89.6 Å². The predicted molar refractivity (Wildman–Crippen MR) is 104 cm³/mol. The van der Waals surface area contributed by atoms with Gasteiger partial charge in [0.2, 0.25) is 6.79 Å². The van der Waals surface area contributed by atoms with E-state index in [1.54, 1.807) is 54.7 Å². The van der Waals surface area contributed by atoms with Crippen molar-refractivity contribution in [3.63, 3.8) is 0 Å². The van der Waals surface area contributed by atoms with Gasteiger partial charge < -0.3 is 20.1 Å². The Morgan fingerprint density at radius 2 is 1.79 bits per heavy atom. The van der Waals surface area contributed by atoms with Gasteiger partial charge in [-0.2, -0.15) is 0 Å². The first-order valence-corrected chi connectivity index (χ1v) is 8.63. The van der Waals surface area contributed by atoms with Gasteiger partial charge in [-0.15, -0.1) is 0 Å². The summed E-state index contributed by atoms with van der Waals surface area (Å²) in [6.07, 6.45) is 1.56. The van der Waals surface area contributed by atoms with E-state index < -0.39 is 0 Å². The van der Waals surface area contributed by atoms with Gasteiger partial charge in [-0.3, -0.25) is 9.59 Å². The number of aromatic nitrogens is 1. The Hall–Kier alpha value is -3.87. The summed E-state index contributed by atoms with van der Waals surface area (Å²) < 4.78 is 10.5. The number of hydrogen-bond acceptors (Lipinski definition) is 6. The summed E-state index contributed by atoms with van der Waals surface area (Å²) in [5, 5.41) is 5.93. The van der Waals surface area contributed by atoms with Gasteiger partial charge in [0.1, 0.15) is 5.82 Å². The largest absolute Gasteiger partial charge is 0.454 e. The second-order valence-electron chi connectivity index (χ2n) is 6.22. The summed E-state index contributed by atoms with van der Waals surface area (Å²) in [6, 6.07) is 15.7. The van der Waals surface area contributed by atoms with E-state index in [-0.39, 0.29) is 18.5 Å². The number of Topliss-reactive ketones (excluding diaryl/α,β-unsaturated/α-hetero) is 1. The zero-order chi connectivity index (χ0) is 19.5. The molecule has 0 saturated heterocycles. The molecule has 4 rings (SSSR count). The molecular formula is C21H17N3O4. The van der Waals surface area contributed by atoms with Crippen LogP contribution in [0.5, 0.6) is 11.5 Å². The number of nitrogens with zero attached hydrogens (tertiary/aromatic N) is 1. The fourth-order valence-corrected chi connectivity index (χ4v) is 2.75. The molecule has 2 N–H and O–H groups in total. The number of rotatable bonds is 5. The molecule has 1 aliphatic rings. The number of fused-ring (bicyclic) bond motifs is 1. The first-order valence-electron chi connectivity index (χ1n) is 8.63. The monoisotopic (exact) mass is 375 g/mol. The molecule has 0 unspecified atom stereocenters. The number of hydrogen-bond donors (Lipinski definition) is 2. The van der Waals surface area contributed by atoms with Crippen molar-refractivity contribution in [2.45, 2.75) is 6.92 Å². The van der Waals surface area contributed by atoms with Crippen LogP contribution in [-0.4, -0.2) is 23.5 Å². The molecular weight excluding hydrogens is 358 g/mol. The summed E-state index contributed by atoms with van der Waals surface area (Å²) in [4.78, 5) is 28.2. The summed E-state index contributed by atoms with van der Waals surface area (Å²) in [5.41, 5.74) is 2.41. The van der Waals surface area contributed by atoms with Gasteiger partial charge in [-0.25, -0.2) is 4.98 Å². The van der Waals surface area contributed by atoms with Gasteiger partial charge in [0.05, 0.1) is 11.9 Å². The second kappa shape index (κ2) is 7.40. The minimum Gasteiger partial charge on any atom is -0.454 e. The third-order valence-corrected chi connectivity index (χ3v) is 4.20. The lowest BCUT2D eigenvalue weighted by Gasteiger charge is -2.09. The van der Waals surface area contributed by atoms with Crippen molar-refractivity contribution in [1.82, 2.24) is 4.98 Å². The van der Waals surface area contributed by atoms with E-state index in [1.807, 2.05) is 6.07 Å². The number of carbonyl (C=O) groups excluding carboxylic acids is 2. The number of amides is 1. The maximum atomic E-state index is 12.4. The minimum absolute atomic E-state index is 0.00168. The molecule has 2 aromatic carbocycles. The van der Waals surface area contributed by atoms with Gasteiger partial charge in [0, 0.05) is 16.8 Å². The van der Waals surface area contributed by atoms with E-state index >= 15 is 0 Å². The third kappa shape index (κ3) is 3.78. The van der Waals surface area contributed by atoms with Crippen molar-refractivity contribution in [2.24, 2.45) is 0 Å². The SMILES string of the molecule is CC(=O)c1cccc(Nc2ccc(NC(=O)c3ccc4c(c3)OCO4)cn2)c1. The van der Waals surface area contributed by atoms with Crippen LogP contribution in [0.3, 0.4) is 0 Å². The number of pyridine rings is 1. The van der Waals surface area contributed by atoms with Crippen LogP contribution < -0.4 is 20.1 Å². The van der Waals surface area contributed by atoms with Crippen molar-refractivity contribution in [3.8, 4) is 11.5 Å². The van der Waals surface area contributed by atoms with Gasteiger partial charge in [0.25, 0.3) is 5.91 Å². The van der Waals surface area contributed by atoms with Crippen LogP contribution in [0.15, 0.2) is 60.8 Å². The molecule has 7 heteroatoms. The highest BCUT2D eigenvalue weighted by Gasteiger charge is 2.16. The van der Waals surface area contributed by atoms with Crippen LogP contribution in [-0.2, 0) is 0 Å². The second-order valence-corrected chi connectivity index (χ2v) is 6.22. The zero-order valence-electron chi connectivity index (χ0n) is 15.1. The number of nitrogens with one attached hydrogen (secondary N) is 2. The minimum atomic E-state index is -0.269. The standard InChI is InChI=1S/C21H17N3O4/c1-13(25)14-3-2-4-16(9-14)23-20-8-6-17(11-22-20)24-21(26)15-5-7-18-19(10-15)28-12-27-18/h2-11H,12H2,1H3,(H,22,23)(H,24,26). The van der Waals surface area contributed by atoms with Crippen LogP contribution in [0.25, 0.3) is 0 Å². The zero-order valence-corrected chi connectivity index (χ0v) is 15.1. The Labute approximate surface area is 161 Å². The van der Waals surface area contributed by atoms with E-state index in [4.69, 9.17) is 9.47 Å². The van der Waals surface area contributed by atoms with E-state index in [1.165, 1.54) is 6.92 Å². The number of anilines is 3. The summed E-state index contributed by atoms with van der Waals surface area (Å²) in [6.45, 7) is 1.68. The summed E-state index contributed by atoms with van der Waals surface area (Å²) >= 11 is 0. The van der Waals surface area contributed by atoms with E-state index in [0.717, 1.165) is 5.69 Å². The normalized spacial score (nSPS) is 11.8. The average molecular weight is 375 g/mol. The van der Waals surface area contributed by atoms with Crippen LogP contribution in [0.2, 0.25) is 0 Å². The fourth-order valence-electron chi connectivity index (χ4n) is 2.75. The molecule has 1 aromatic heterocycles. The van der Waals surface area contributed by atoms with Crippen LogP contribution in [0.4, 0.5) is 17.2 Å². The lowest BCUT2D eigenvalue weighted by Crippen LogP contribution is -2.12.